The predicted molar refractivity (Wildman–Crippen MR) is 108 cm³/mol. The topological polar surface area (TPSA) is 40.6 Å². The second-order valence-electron chi connectivity index (χ2n) is 5.92. The summed E-state index contributed by atoms with van der Waals surface area (Å²) < 4.78 is 0. The maximum Gasteiger partial charge on any atom is 2.00 e. The molecular weight excluding hydrogens is 399 g/mol. The summed E-state index contributed by atoms with van der Waals surface area (Å²) in [6.07, 6.45) is 8.71. The molecule has 0 fully saturated rings. The molecule has 0 radical (unpaired) electrons. The Morgan fingerprint density at radius 2 is 0.800 bits per heavy atom. The van der Waals surface area contributed by atoms with Gasteiger partial charge in [-0.25, -0.2) is 0 Å². The molecule has 0 heterocycles. The molecule has 0 N–H and O–H groups in total. The molecule has 0 aliphatic carbocycles. The Morgan fingerprint density at radius 3 is 0.920 bits per heavy atom. The number of hydrogen-bond acceptors (Lipinski definition) is 4. The number of nitrogens with zero attached hydrogens (tertiary/aromatic N) is 2. The van der Waals surface area contributed by atoms with Crippen LogP contribution in [0.2, 0.25) is 0 Å². The molecule has 0 saturated heterocycles. The average molecular weight is 435 g/mol. The normalized spacial score (nSPS) is 9.44. The summed E-state index contributed by atoms with van der Waals surface area (Å²) in [4.78, 5) is 25.3. The zero-order chi connectivity index (χ0) is 18.8. The standard InChI is InChI=1S/2C9H19NOS.Ni/c2*1-3-5-7-10(9(11)12)8-6-4-2;/h2*3-8H2,1-2H3,(H,11,12);/q;;+2/p-2. The van der Waals surface area contributed by atoms with Crippen molar-refractivity contribution in [1.29, 1.82) is 0 Å². The summed E-state index contributed by atoms with van der Waals surface area (Å²) in [5.74, 6) is 0. The number of amides is 2. The molecule has 7 heteroatoms. The molecule has 4 nitrogen and oxygen atoms in total. The van der Waals surface area contributed by atoms with Crippen LogP contribution >= 0.6 is 0 Å². The largest absolute Gasteiger partial charge is 2.00 e. The van der Waals surface area contributed by atoms with Crippen molar-refractivity contribution in [2.75, 3.05) is 26.2 Å². The maximum atomic E-state index is 10.9. The van der Waals surface area contributed by atoms with Gasteiger partial charge in [0.2, 0.25) is 0 Å². The molecule has 0 bridgehead atoms. The van der Waals surface area contributed by atoms with Crippen LogP contribution in [0.4, 0.5) is 9.59 Å². The van der Waals surface area contributed by atoms with Gasteiger partial charge in [-0.05, 0) is 25.7 Å². The van der Waals surface area contributed by atoms with Crippen molar-refractivity contribution < 1.29 is 26.1 Å². The molecule has 0 aromatic carbocycles. The van der Waals surface area contributed by atoms with E-state index in [-0.39, 0.29) is 27.0 Å². The minimum atomic E-state index is -0.197. The first-order chi connectivity index (χ1) is 11.4. The van der Waals surface area contributed by atoms with Gasteiger partial charge in [-0.1, -0.05) is 53.4 Å². The zero-order valence-electron chi connectivity index (χ0n) is 16.3. The molecule has 0 unspecified atom stereocenters. The Morgan fingerprint density at radius 1 is 0.600 bits per heavy atom. The van der Waals surface area contributed by atoms with Crippen LogP contribution in [-0.4, -0.2) is 46.5 Å². The smallest absolute Gasteiger partial charge is 0.719 e. The SMILES string of the molecule is CCCCN(CCCC)C(=O)[S-].CCCCN(CCCC)C(=O)[S-].[Ni+2]. The van der Waals surface area contributed by atoms with Crippen molar-refractivity contribution in [3.8, 4) is 0 Å². The third-order valence-electron chi connectivity index (χ3n) is 3.64. The van der Waals surface area contributed by atoms with Gasteiger partial charge in [0.25, 0.3) is 0 Å². The van der Waals surface area contributed by atoms with Crippen LogP contribution in [0.25, 0.3) is 0 Å². The van der Waals surface area contributed by atoms with Gasteiger partial charge in [0, 0.05) is 26.2 Å². The van der Waals surface area contributed by atoms with E-state index >= 15 is 0 Å². The second kappa shape index (κ2) is 21.9. The summed E-state index contributed by atoms with van der Waals surface area (Å²) in [5.41, 5.74) is 0. The van der Waals surface area contributed by atoms with E-state index in [0.717, 1.165) is 77.5 Å². The van der Waals surface area contributed by atoms with Crippen LogP contribution in [0.1, 0.15) is 79.1 Å². The fourth-order valence-electron chi connectivity index (χ4n) is 1.98. The van der Waals surface area contributed by atoms with Gasteiger partial charge in [-0.15, -0.1) is 0 Å². The first-order valence-corrected chi connectivity index (χ1v) is 10.2. The van der Waals surface area contributed by atoms with E-state index < -0.39 is 0 Å². The van der Waals surface area contributed by atoms with Crippen molar-refractivity contribution in [2.24, 2.45) is 0 Å². The molecule has 0 aliphatic rings. The molecule has 2 amide bonds. The molecule has 0 aliphatic heterocycles. The molecule has 0 saturated carbocycles. The van der Waals surface area contributed by atoms with Gasteiger partial charge in [0.1, 0.15) is 10.5 Å². The van der Waals surface area contributed by atoms with E-state index in [1.165, 1.54) is 0 Å². The van der Waals surface area contributed by atoms with Gasteiger partial charge in [0.05, 0.1) is 0 Å². The minimum Gasteiger partial charge on any atom is -0.719 e. The van der Waals surface area contributed by atoms with Gasteiger partial charge in [0.15, 0.2) is 0 Å². The van der Waals surface area contributed by atoms with E-state index in [9.17, 15) is 9.59 Å². The van der Waals surface area contributed by atoms with Crippen LogP contribution in [-0.2, 0) is 41.7 Å². The molecule has 0 atom stereocenters. The molecule has 0 aromatic heterocycles. The summed E-state index contributed by atoms with van der Waals surface area (Å²) in [5, 5.41) is -0.395. The molecule has 25 heavy (non-hydrogen) atoms. The van der Waals surface area contributed by atoms with Crippen LogP contribution in [0, 0.1) is 0 Å². The fourth-order valence-corrected chi connectivity index (χ4v) is 2.35. The molecule has 0 spiro atoms. The molecule has 0 rings (SSSR count). The average Bonchev–Trinajstić information content (AvgIpc) is 2.55. The maximum absolute atomic E-state index is 10.9. The Labute approximate surface area is 176 Å². The first-order valence-electron chi connectivity index (χ1n) is 9.36. The minimum absolute atomic E-state index is 0. The second-order valence-corrected chi connectivity index (χ2v) is 6.62. The molecule has 152 valence electrons. The van der Waals surface area contributed by atoms with Crippen molar-refractivity contribution >= 4 is 35.7 Å². The van der Waals surface area contributed by atoms with Crippen LogP contribution in [0.3, 0.4) is 0 Å². The predicted octanol–water partition coefficient (Wildman–Crippen LogP) is 5.11. The van der Waals surface area contributed by atoms with E-state index in [2.05, 4.69) is 53.0 Å². The third-order valence-corrected chi connectivity index (χ3v) is 4.16. The number of unbranched alkanes of at least 4 members (excludes halogenated alkanes) is 4. The van der Waals surface area contributed by atoms with Gasteiger partial charge >= 0.3 is 16.5 Å². The molecule has 0 aromatic rings. The summed E-state index contributed by atoms with van der Waals surface area (Å²) in [6.45, 7) is 11.8. The van der Waals surface area contributed by atoms with Crippen molar-refractivity contribution in [1.82, 2.24) is 9.80 Å². The van der Waals surface area contributed by atoms with Crippen molar-refractivity contribution in [3.05, 3.63) is 0 Å². The third kappa shape index (κ3) is 20.0. The molecular formula is C18H36N2NiO2S2. The van der Waals surface area contributed by atoms with Gasteiger partial charge < -0.3 is 44.6 Å². The fraction of sp³-hybridized carbons (Fsp3) is 0.889. The number of hydrogen-bond donors (Lipinski definition) is 0. The number of carbonyl (C=O) groups excluding carboxylic acids is 2. The van der Waals surface area contributed by atoms with Crippen molar-refractivity contribution in [2.45, 2.75) is 79.1 Å². The monoisotopic (exact) mass is 434 g/mol. The van der Waals surface area contributed by atoms with Crippen LogP contribution < -0.4 is 0 Å². The summed E-state index contributed by atoms with van der Waals surface area (Å²) in [6, 6.07) is 0. The van der Waals surface area contributed by atoms with E-state index in [4.69, 9.17) is 0 Å². The number of carbonyl (C=O) groups is 2. The van der Waals surface area contributed by atoms with Gasteiger partial charge in [-0.2, -0.15) is 0 Å². The van der Waals surface area contributed by atoms with Gasteiger partial charge in [-0.3, -0.25) is 0 Å². The Kier molecular flexibility index (Phi) is 26.0. The Bertz CT molecular complexity index is 275. The van der Waals surface area contributed by atoms with Crippen molar-refractivity contribution in [3.63, 3.8) is 0 Å². The van der Waals surface area contributed by atoms with Crippen LogP contribution in [0.5, 0.6) is 0 Å². The zero-order valence-corrected chi connectivity index (χ0v) is 18.9. The Hall–Kier alpha value is -0.126. The summed E-state index contributed by atoms with van der Waals surface area (Å²) >= 11 is 9.23. The van der Waals surface area contributed by atoms with E-state index in [1.54, 1.807) is 9.80 Å². The quantitative estimate of drug-likeness (QED) is 0.316. The number of rotatable bonds is 12. The van der Waals surface area contributed by atoms with E-state index in [1.807, 2.05) is 0 Å². The first kappa shape index (κ1) is 29.6. The summed E-state index contributed by atoms with van der Waals surface area (Å²) in [7, 11) is 0. The van der Waals surface area contributed by atoms with E-state index in [0.29, 0.717) is 0 Å². The van der Waals surface area contributed by atoms with Crippen LogP contribution in [0.15, 0.2) is 0 Å². The Balaban J connectivity index is -0.000000372.